The average Bonchev–Trinajstić information content (AvgIpc) is 2.21. The van der Waals surface area contributed by atoms with Gasteiger partial charge in [0.25, 0.3) is 5.69 Å². The van der Waals surface area contributed by atoms with Crippen LogP contribution in [0.2, 0.25) is 0 Å². The highest BCUT2D eigenvalue weighted by atomic mass is 79.9. The minimum atomic E-state index is -0.494. The molecule has 0 aliphatic heterocycles. The Morgan fingerprint density at radius 2 is 2.18 bits per heavy atom. The summed E-state index contributed by atoms with van der Waals surface area (Å²) in [5.74, 6) is -0.457. The zero-order chi connectivity index (χ0) is 13.0. The molecule has 0 N–H and O–H groups in total. The van der Waals surface area contributed by atoms with E-state index in [1.54, 1.807) is 19.9 Å². The number of esters is 1. The third-order valence-electron chi connectivity index (χ3n) is 2.24. The molecule has 0 saturated heterocycles. The molecular weight excluding hydrogens is 290 g/mol. The number of ether oxygens (including phenoxy) is 1. The SMILES string of the molecule is CCOC(=O)Cc1c(C)cc(Br)cc1[N+](=O)[O-]. The molecule has 0 radical (unpaired) electrons. The Balaban J connectivity index is 3.12. The van der Waals surface area contributed by atoms with Gasteiger partial charge in [0.2, 0.25) is 0 Å². The van der Waals surface area contributed by atoms with E-state index in [-0.39, 0.29) is 18.7 Å². The fourth-order valence-corrected chi connectivity index (χ4v) is 2.06. The zero-order valence-electron chi connectivity index (χ0n) is 9.53. The van der Waals surface area contributed by atoms with Crippen molar-refractivity contribution in [2.75, 3.05) is 6.61 Å². The van der Waals surface area contributed by atoms with Crippen molar-refractivity contribution >= 4 is 27.6 Å². The number of nitrogens with zero attached hydrogens (tertiary/aromatic N) is 1. The van der Waals surface area contributed by atoms with Crippen LogP contribution in [0.1, 0.15) is 18.1 Å². The van der Waals surface area contributed by atoms with Gasteiger partial charge < -0.3 is 4.74 Å². The molecule has 1 aromatic rings. The predicted molar refractivity (Wildman–Crippen MR) is 65.9 cm³/mol. The number of aryl methyl sites for hydroxylation is 1. The van der Waals surface area contributed by atoms with Crippen LogP contribution in [0, 0.1) is 17.0 Å². The lowest BCUT2D eigenvalue weighted by molar-refractivity contribution is -0.385. The Labute approximate surface area is 107 Å². The average molecular weight is 302 g/mol. The second-order valence-corrected chi connectivity index (χ2v) is 4.37. The summed E-state index contributed by atoms with van der Waals surface area (Å²) in [6.07, 6.45) is -0.0801. The van der Waals surface area contributed by atoms with Gasteiger partial charge in [0.05, 0.1) is 18.0 Å². The van der Waals surface area contributed by atoms with E-state index in [0.29, 0.717) is 15.6 Å². The first-order valence-corrected chi connectivity index (χ1v) is 5.84. The number of hydrogen-bond donors (Lipinski definition) is 0. The summed E-state index contributed by atoms with van der Waals surface area (Å²) in [5, 5.41) is 10.9. The Morgan fingerprint density at radius 1 is 1.53 bits per heavy atom. The van der Waals surface area contributed by atoms with Crippen LogP contribution in [0.25, 0.3) is 0 Å². The number of rotatable bonds is 4. The summed E-state index contributed by atoms with van der Waals surface area (Å²) in [7, 11) is 0. The van der Waals surface area contributed by atoms with E-state index in [1.165, 1.54) is 6.07 Å². The molecule has 0 spiro atoms. The molecule has 0 bridgehead atoms. The minimum absolute atomic E-state index is 0.0649. The molecule has 0 heterocycles. The summed E-state index contributed by atoms with van der Waals surface area (Å²) in [6, 6.07) is 3.13. The lowest BCUT2D eigenvalue weighted by Gasteiger charge is -2.07. The minimum Gasteiger partial charge on any atom is -0.466 e. The van der Waals surface area contributed by atoms with Gasteiger partial charge in [0.1, 0.15) is 0 Å². The topological polar surface area (TPSA) is 69.4 Å². The molecule has 0 aliphatic carbocycles. The third-order valence-corrected chi connectivity index (χ3v) is 2.70. The van der Waals surface area contributed by atoms with Crippen LogP contribution in [0.3, 0.4) is 0 Å². The van der Waals surface area contributed by atoms with E-state index in [1.807, 2.05) is 0 Å². The highest BCUT2D eigenvalue weighted by Crippen LogP contribution is 2.27. The number of hydrogen-bond acceptors (Lipinski definition) is 4. The van der Waals surface area contributed by atoms with Crippen molar-refractivity contribution in [2.24, 2.45) is 0 Å². The standard InChI is InChI=1S/C11H12BrNO4/c1-3-17-11(14)6-9-7(2)4-8(12)5-10(9)13(15)16/h4-5H,3,6H2,1-2H3. The summed E-state index contributed by atoms with van der Waals surface area (Å²) in [4.78, 5) is 21.8. The summed E-state index contributed by atoms with van der Waals surface area (Å²) in [5.41, 5.74) is 1.03. The van der Waals surface area contributed by atoms with Gasteiger partial charge in [-0.1, -0.05) is 15.9 Å². The van der Waals surface area contributed by atoms with E-state index < -0.39 is 10.9 Å². The second kappa shape index (κ2) is 5.77. The number of nitro benzene ring substituents is 1. The van der Waals surface area contributed by atoms with Crippen molar-refractivity contribution in [3.05, 3.63) is 37.8 Å². The maximum atomic E-state index is 11.4. The van der Waals surface area contributed by atoms with E-state index in [4.69, 9.17) is 4.74 Å². The van der Waals surface area contributed by atoms with Crippen molar-refractivity contribution in [1.29, 1.82) is 0 Å². The highest BCUT2D eigenvalue weighted by molar-refractivity contribution is 9.10. The van der Waals surface area contributed by atoms with Gasteiger partial charge in [-0.05, 0) is 25.5 Å². The quantitative estimate of drug-likeness (QED) is 0.487. The molecule has 17 heavy (non-hydrogen) atoms. The molecule has 1 rings (SSSR count). The van der Waals surface area contributed by atoms with Gasteiger partial charge in [-0.25, -0.2) is 0 Å². The number of carbonyl (C=O) groups is 1. The fraction of sp³-hybridized carbons (Fsp3) is 0.364. The number of benzene rings is 1. The lowest BCUT2D eigenvalue weighted by atomic mass is 10.0. The molecule has 1 aromatic carbocycles. The molecule has 0 aliphatic rings. The van der Waals surface area contributed by atoms with E-state index in [9.17, 15) is 14.9 Å². The summed E-state index contributed by atoms with van der Waals surface area (Å²) >= 11 is 3.19. The van der Waals surface area contributed by atoms with Crippen LogP contribution in [-0.2, 0) is 16.0 Å². The monoisotopic (exact) mass is 301 g/mol. The Kier molecular flexibility index (Phi) is 4.62. The van der Waals surface area contributed by atoms with Crippen LogP contribution in [-0.4, -0.2) is 17.5 Å². The molecule has 0 saturated carbocycles. The molecule has 0 fully saturated rings. The predicted octanol–water partition coefficient (Wildman–Crippen LogP) is 2.77. The molecule has 0 atom stereocenters. The Morgan fingerprint density at radius 3 is 2.71 bits per heavy atom. The van der Waals surface area contributed by atoms with Gasteiger partial charge in [-0.3, -0.25) is 14.9 Å². The third kappa shape index (κ3) is 3.52. The van der Waals surface area contributed by atoms with Crippen molar-refractivity contribution in [3.63, 3.8) is 0 Å². The maximum absolute atomic E-state index is 11.4. The Hall–Kier alpha value is -1.43. The Bertz CT molecular complexity index is 459. The highest BCUT2D eigenvalue weighted by Gasteiger charge is 2.20. The van der Waals surface area contributed by atoms with Gasteiger partial charge in [-0.15, -0.1) is 0 Å². The van der Waals surface area contributed by atoms with Crippen LogP contribution in [0.4, 0.5) is 5.69 Å². The van der Waals surface area contributed by atoms with E-state index in [0.717, 1.165) is 0 Å². The molecule has 0 aromatic heterocycles. The van der Waals surface area contributed by atoms with Crippen molar-refractivity contribution in [1.82, 2.24) is 0 Å². The second-order valence-electron chi connectivity index (χ2n) is 3.46. The first kappa shape index (κ1) is 13.6. The number of carbonyl (C=O) groups excluding carboxylic acids is 1. The van der Waals surface area contributed by atoms with Crippen LogP contribution in [0.15, 0.2) is 16.6 Å². The molecule has 6 heteroatoms. The van der Waals surface area contributed by atoms with Crippen LogP contribution in [0.5, 0.6) is 0 Å². The maximum Gasteiger partial charge on any atom is 0.310 e. The van der Waals surface area contributed by atoms with Gasteiger partial charge in [-0.2, -0.15) is 0 Å². The van der Waals surface area contributed by atoms with Gasteiger partial charge >= 0.3 is 5.97 Å². The van der Waals surface area contributed by atoms with E-state index in [2.05, 4.69) is 15.9 Å². The first-order valence-electron chi connectivity index (χ1n) is 5.04. The largest absolute Gasteiger partial charge is 0.466 e. The number of nitro groups is 1. The summed E-state index contributed by atoms with van der Waals surface area (Å²) in [6.45, 7) is 3.69. The molecular formula is C11H12BrNO4. The normalized spacial score (nSPS) is 10.1. The van der Waals surface area contributed by atoms with Gasteiger partial charge in [0, 0.05) is 16.1 Å². The molecule has 5 nitrogen and oxygen atoms in total. The van der Waals surface area contributed by atoms with Crippen molar-refractivity contribution in [2.45, 2.75) is 20.3 Å². The fourth-order valence-electron chi connectivity index (χ4n) is 1.50. The molecule has 0 unspecified atom stereocenters. The van der Waals surface area contributed by atoms with E-state index >= 15 is 0 Å². The van der Waals surface area contributed by atoms with Crippen LogP contribution < -0.4 is 0 Å². The van der Waals surface area contributed by atoms with Crippen molar-refractivity contribution in [3.8, 4) is 0 Å². The first-order chi connectivity index (χ1) is 7.95. The van der Waals surface area contributed by atoms with Crippen LogP contribution >= 0.6 is 15.9 Å². The van der Waals surface area contributed by atoms with Gasteiger partial charge in [0.15, 0.2) is 0 Å². The molecule has 92 valence electrons. The van der Waals surface area contributed by atoms with Crippen molar-refractivity contribution < 1.29 is 14.5 Å². The lowest BCUT2D eigenvalue weighted by Crippen LogP contribution is -2.10. The molecule has 0 amide bonds. The summed E-state index contributed by atoms with van der Waals surface area (Å²) < 4.78 is 5.41. The smallest absolute Gasteiger partial charge is 0.310 e. The zero-order valence-corrected chi connectivity index (χ0v) is 11.1. The number of halogens is 1.